The summed E-state index contributed by atoms with van der Waals surface area (Å²) < 4.78 is 19.9. The summed E-state index contributed by atoms with van der Waals surface area (Å²) in [7, 11) is 0. The minimum absolute atomic E-state index is 0.0999. The first-order valence-corrected chi connectivity index (χ1v) is 7.52. The van der Waals surface area contributed by atoms with Gasteiger partial charge in [-0.05, 0) is 36.8 Å². The van der Waals surface area contributed by atoms with Gasteiger partial charge in [0.05, 0.1) is 12.2 Å². The molecule has 5 heteroatoms. The van der Waals surface area contributed by atoms with Gasteiger partial charge in [-0.3, -0.25) is 9.97 Å². The molecular weight excluding hydrogens is 307 g/mol. The van der Waals surface area contributed by atoms with Gasteiger partial charge in [0.2, 0.25) is 0 Å². The summed E-state index contributed by atoms with van der Waals surface area (Å²) in [5.41, 5.74) is 2.26. The van der Waals surface area contributed by atoms with Gasteiger partial charge in [0.1, 0.15) is 5.82 Å². The smallest absolute Gasteiger partial charge is 0.341 e. The van der Waals surface area contributed by atoms with Crippen molar-refractivity contribution in [2.45, 2.75) is 6.92 Å². The molecule has 3 rings (SSSR count). The molecule has 0 radical (unpaired) electrons. The molecule has 3 aromatic rings. The van der Waals surface area contributed by atoms with Crippen molar-refractivity contribution in [3.05, 3.63) is 72.6 Å². The maximum atomic E-state index is 14.9. The molecule has 0 saturated carbocycles. The minimum Gasteiger partial charge on any atom is -0.462 e. The first-order chi connectivity index (χ1) is 11.7. The molecule has 0 unspecified atom stereocenters. The molecule has 0 saturated heterocycles. The monoisotopic (exact) mass is 322 g/mol. The molecule has 0 spiro atoms. The van der Waals surface area contributed by atoms with E-state index in [0.717, 1.165) is 5.56 Å². The quantitative estimate of drug-likeness (QED) is 0.678. The Labute approximate surface area is 139 Å². The Balaban J connectivity index is 2.21. The van der Waals surface area contributed by atoms with Crippen LogP contribution in [0, 0.1) is 5.82 Å². The fourth-order valence-electron chi connectivity index (χ4n) is 2.41. The third-order valence-electron chi connectivity index (χ3n) is 3.54. The fraction of sp³-hybridized carbons (Fsp3) is 0.105. The van der Waals surface area contributed by atoms with Crippen LogP contribution in [0.1, 0.15) is 17.3 Å². The van der Waals surface area contributed by atoms with E-state index in [2.05, 4.69) is 9.97 Å². The first kappa shape index (κ1) is 15.8. The van der Waals surface area contributed by atoms with Gasteiger partial charge >= 0.3 is 5.97 Å². The van der Waals surface area contributed by atoms with E-state index in [0.29, 0.717) is 16.7 Å². The van der Waals surface area contributed by atoms with Gasteiger partial charge in [-0.25, -0.2) is 9.18 Å². The number of benzene rings is 1. The highest BCUT2D eigenvalue weighted by atomic mass is 19.1. The third kappa shape index (κ3) is 3.15. The van der Waals surface area contributed by atoms with Crippen molar-refractivity contribution < 1.29 is 13.9 Å². The zero-order valence-electron chi connectivity index (χ0n) is 13.1. The number of rotatable bonds is 4. The molecule has 0 N–H and O–H groups in total. The van der Waals surface area contributed by atoms with Crippen LogP contribution in [0.3, 0.4) is 0 Å². The second-order valence-electron chi connectivity index (χ2n) is 5.09. The second-order valence-corrected chi connectivity index (χ2v) is 5.09. The molecule has 0 atom stereocenters. The average Bonchev–Trinajstić information content (AvgIpc) is 2.63. The Morgan fingerprint density at radius 3 is 2.29 bits per heavy atom. The lowest BCUT2D eigenvalue weighted by atomic mass is 9.96. The summed E-state index contributed by atoms with van der Waals surface area (Å²) >= 11 is 0. The summed E-state index contributed by atoms with van der Waals surface area (Å²) in [6.45, 7) is 1.86. The van der Waals surface area contributed by atoms with Gasteiger partial charge in [0.25, 0.3) is 0 Å². The number of ether oxygens (including phenoxy) is 1. The van der Waals surface area contributed by atoms with E-state index < -0.39 is 11.8 Å². The van der Waals surface area contributed by atoms with Gasteiger partial charge < -0.3 is 4.74 Å². The van der Waals surface area contributed by atoms with Crippen LogP contribution in [0.5, 0.6) is 0 Å². The number of nitrogens with zero attached hydrogens (tertiary/aromatic N) is 2. The van der Waals surface area contributed by atoms with Crippen LogP contribution < -0.4 is 0 Å². The molecule has 1 aromatic carbocycles. The Bertz CT molecular complexity index is 852. The van der Waals surface area contributed by atoms with Crippen LogP contribution in [-0.2, 0) is 4.74 Å². The van der Waals surface area contributed by atoms with Gasteiger partial charge in [0, 0.05) is 41.5 Å². The van der Waals surface area contributed by atoms with Gasteiger partial charge in [-0.15, -0.1) is 0 Å². The minimum atomic E-state index is -0.689. The molecule has 4 nitrogen and oxygen atoms in total. The van der Waals surface area contributed by atoms with Crippen LogP contribution in [0.15, 0.2) is 61.2 Å². The van der Waals surface area contributed by atoms with E-state index in [-0.39, 0.29) is 12.2 Å². The number of carbonyl (C=O) groups excluding carboxylic acids is 1. The summed E-state index contributed by atoms with van der Waals surface area (Å²) in [5.74, 6) is -1.31. The molecule has 0 aliphatic heterocycles. The summed E-state index contributed by atoms with van der Waals surface area (Å²) in [4.78, 5) is 20.2. The summed E-state index contributed by atoms with van der Waals surface area (Å²) in [6, 6.07) is 10.3. The molecular formula is C19H15FN2O2. The zero-order valence-corrected chi connectivity index (χ0v) is 13.1. The highest BCUT2D eigenvalue weighted by Crippen LogP contribution is 2.31. The average molecular weight is 322 g/mol. The number of aromatic nitrogens is 2. The lowest BCUT2D eigenvalue weighted by molar-refractivity contribution is 0.0521. The number of hydrogen-bond donors (Lipinski definition) is 0. The maximum Gasteiger partial charge on any atom is 0.341 e. The number of carbonyl (C=O) groups is 1. The van der Waals surface area contributed by atoms with E-state index in [9.17, 15) is 9.18 Å². The van der Waals surface area contributed by atoms with Gasteiger partial charge in [0.15, 0.2) is 0 Å². The Morgan fingerprint density at radius 1 is 1.04 bits per heavy atom. The topological polar surface area (TPSA) is 52.1 Å². The standard InChI is InChI=1S/C19H15FN2O2/c1-2-24-19(23)17-10-15(13-5-3-7-21-11-13)9-16(18(17)20)14-6-4-8-22-12-14/h3-12H,2H2,1H3. The molecule has 0 fully saturated rings. The lowest BCUT2D eigenvalue weighted by Crippen LogP contribution is -2.08. The zero-order chi connectivity index (χ0) is 16.9. The van der Waals surface area contributed by atoms with Crippen molar-refractivity contribution in [2.75, 3.05) is 6.61 Å². The van der Waals surface area contributed by atoms with Crippen LogP contribution in [0.25, 0.3) is 22.3 Å². The molecule has 120 valence electrons. The van der Waals surface area contributed by atoms with Crippen molar-refractivity contribution in [3.8, 4) is 22.3 Å². The highest BCUT2D eigenvalue weighted by Gasteiger charge is 2.19. The molecule has 0 aliphatic rings. The van der Waals surface area contributed by atoms with Crippen LogP contribution >= 0.6 is 0 Å². The van der Waals surface area contributed by atoms with Gasteiger partial charge in [-0.2, -0.15) is 0 Å². The molecule has 2 aromatic heterocycles. The number of esters is 1. The lowest BCUT2D eigenvalue weighted by Gasteiger charge is -2.12. The number of hydrogen-bond acceptors (Lipinski definition) is 4. The van der Waals surface area contributed by atoms with Crippen LogP contribution in [-0.4, -0.2) is 22.5 Å². The maximum absolute atomic E-state index is 14.9. The van der Waals surface area contributed by atoms with Crippen molar-refractivity contribution in [1.82, 2.24) is 9.97 Å². The van der Waals surface area contributed by atoms with Crippen molar-refractivity contribution >= 4 is 5.97 Å². The largest absolute Gasteiger partial charge is 0.462 e. The predicted molar refractivity (Wildman–Crippen MR) is 88.8 cm³/mol. The molecule has 0 aliphatic carbocycles. The van der Waals surface area contributed by atoms with E-state index in [1.807, 2.05) is 6.07 Å². The van der Waals surface area contributed by atoms with E-state index >= 15 is 0 Å². The SMILES string of the molecule is CCOC(=O)c1cc(-c2cccnc2)cc(-c2cccnc2)c1F. The predicted octanol–water partition coefficient (Wildman–Crippen LogP) is 4.13. The molecule has 24 heavy (non-hydrogen) atoms. The molecule has 0 amide bonds. The number of halogens is 1. The van der Waals surface area contributed by atoms with Crippen molar-refractivity contribution in [3.63, 3.8) is 0 Å². The van der Waals surface area contributed by atoms with Crippen molar-refractivity contribution in [2.24, 2.45) is 0 Å². The molecule has 0 bridgehead atoms. The summed E-state index contributed by atoms with van der Waals surface area (Å²) in [5, 5.41) is 0. The fourth-order valence-corrected chi connectivity index (χ4v) is 2.41. The van der Waals surface area contributed by atoms with Crippen LogP contribution in [0.2, 0.25) is 0 Å². The van der Waals surface area contributed by atoms with Crippen molar-refractivity contribution in [1.29, 1.82) is 0 Å². The van der Waals surface area contributed by atoms with E-state index in [1.54, 1.807) is 56.0 Å². The van der Waals surface area contributed by atoms with E-state index in [4.69, 9.17) is 4.74 Å². The first-order valence-electron chi connectivity index (χ1n) is 7.52. The van der Waals surface area contributed by atoms with E-state index in [1.165, 1.54) is 6.07 Å². The normalized spacial score (nSPS) is 10.4. The number of pyridine rings is 2. The highest BCUT2D eigenvalue weighted by molar-refractivity contribution is 5.94. The second kappa shape index (κ2) is 7.00. The Hall–Kier alpha value is -3.08. The Morgan fingerprint density at radius 2 is 1.71 bits per heavy atom. The van der Waals surface area contributed by atoms with Gasteiger partial charge in [-0.1, -0.05) is 12.1 Å². The summed E-state index contributed by atoms with van der Waals surface area (Å²) in [6.07, 6.45) is 6.48. The molecule has 2 heterocycles. The van der Waals surface area contributed by atoms with Crippen LogP contribution in [0.4, 0.5) is 4.39 Å². The Kier molecular flexibility index (Phi) is 4.61. The third-order valence-corrected chi connectivity index (χ3v) is 3.54.